The van der Waals surface area contributed by atoms with Gasteiger partial charge in [0, 0.05) is 11.5 Å². The van der Waals surface area contributed by atoms with Crippen LogP contribution in [-0.2, 0) is 16.0 Å². The van der Waals surface area contributed by atoms with E-state index in [4.69, 9.17) is 9.47 Å². The van der Waals surface area contributed by atoms with E-state index in [2.05, 4.69) is 19.6 Å². The number of carbonyl (C=O) groups is 1. The van der Waals surface area contributed by atoms with Crippen LogP contribution in [0.4, 0.5) is 0 Å². The normalized spacial score (nSPS) is 31.0. The first-order chi connectivity index (χ1) is 16.5. The van der Waals surface area contributed by atoms with Crippen molar-refractivity contribution in [2.24, 2.45) is 5.92 Å². The van der Waals surface area contributed by atoms with Gasteiger partial charge in [-0.2, -0.15) is 0 Å². The second-order valence-corrected chi connectivity index (χ2v) is 9.87. The Morgan fingerprint density at radius 2 is 1.89 bits per heavy atom. The van der Waals surface area contributed by atoms with Crippen LogP contribution in [0, 0.1) is 5.92 Å². The Balaban J connectivity index is 2.05. The molecule has 0 spiro atoms. The van der Waals surface area contributed by atoms with E-state index in [1.807, 2.05) is 13.8 Å². The second kappa shape index (κ2) is 11.6. The number of phenols is 1. The maximum absolute atomic E-state index is 11.5. The van der Waals surface area contributed by atoms with E-state index in [9.17, 15) is 30.3 Å². The Hall–Kier alpha value is -2.39. The van der Waals surface area contributed by atoms with Crippen LogP contribution in [0.25, 0.3) is 0 Å². The predicted molar refractivity (Wildman–Crippen MR) is 130 cm³/mol. The molecule has 1 aromatic rings. The summed E-state index contributed by atoms with van der Waals surface area (Å²) in [7, 11) is 0. The molecule has 5 N–H and O–H groups in total. The van der Waals surface area contributed by atoms with Gasteiger partial charge in [-0.05, 0) is 63.1 Å². The fourth-order valence-corrected chi connectivity index (χ4v) is 5.00. The number of phenolic OH excluding ortho intramolecular Hbond substituents is 1. The Kier molecular flexibility index (Phi) is 8.99. The molecule has 0 amide bonds. The van der Waals surface area contributed by atoms with Crippen LogP contribution >= 0.6 is 0 Å². The van der Waals surface area contributed by atoms with Crippen molar-refractivity contribution in [1.82, 2.24) is 0 Å². The molecule has 0 radical (unpaired) electrons. The van der Waals surface area contributed by atoms with E-state index < -0.39 is 36.7 Å². The van der Waals surface area contributed by atoms with Crippen LogP contribution in [0.2, 0.25) is 0 Å². The van der Waals surface area contributed by atoms with Crippen LogP contribution < -0.4 is 4.74 Å². The lowest BCUT2D eigenvalue weighted by Crippen LogP contribution is -2.61. The van der Waals surface area contributed by atoms with Crippen LogP contribution in [0.1, 0.15) is 69.9 Å². The van der Waals surface area contributed by atoms with Crippen molar-refractivity contribution in [3.63, 3.8) is 0 Å². The smallest absolute Gasteiger partial charge is 0.335 e. The summed E-state index contributed by atoms with van der Waals surface area (Å²) >= 11 is 0. The molecule has 7 atom stereocenters. The van der Waals surface area contributed by atoms with Gasteiger partial charge in [0.1, 0.15) is 29.8 Å². The lowest BCUT2D eigenvalue weighted by atomic mass is 9.73. The molecule has 7 unspecified atom stereocenters. The largest absolute Gasteiger partial charge is 0.507 e. The van der Waals surface area contributed by atoms with Crippen molar-refractivity contribution >= 4 is 5.97 Å². The minimum atomic E-state index is -1.81. The van der Waals surface area contributed by atoms with Gasteiger partial charge in [-0.3, -0.25) is 0 Å². The third-order valence-electron chi connectivity index (χ3n) is 7.02. The molecule has 1 aromatic carbocycles. The maximum Gasteiger partial charge on any atom is 0.335 e. The van der Waals surface area contributed by atoms with Crippen LogP contribution in [-0.4, -0.2) is 62.2 Å². The van der Waals surface area contributed by atoms with Gasteiger partial charge in [-0.25, -0.2) is 4.79 Å². The van der Waals surface area contributed by atoms with Crippen molar-refractivity contribution in [3.05, 3.63) is 47.1 Å². The van der Waals surface area contributed by atoms with E-state index in [1.54, 1.807) is 12.1 Å². The molecular weight excluding hydrogens is 452 g/mol. The monoisotopic (exact) mass is 490 g/mol. The minimum absolute atomic E-state index is 0.0388. The van der Waals surface area contributed by atoms with Gasteiger partial charge in [-0.15, -0.1) is 0 Å². The van der Waals surface area contributed by atoms with Gasteiger partial charge in [0.15, 0.2) is 6.10 Å². The highest BCUT2D eigenvalue weighted by atomic mass is 16.7. The number of aliphatic hydroxyl groups is 3. The number of aryl methyl sites for hydroxylation is 1. The number of hydrogen-bond donors (Lipinski definition) is 5. The molecule has 0 aromatic heterocycles. The Bertz CT molecular complexity index is 955. The molecule has 1 aliphatic heterocycles. The predicted octanol–water partition coefficient (Wildman–Crippen LogP) is 3.41. The highest BCUT2D eigenvalue weighted by molar-refractivity contribution is 5.73. The average Bonchev–Trinajstić information content (AvgIpc) is 2.79. The fraction of sp³-hybridized carbons (Fsp3) is 0.593. The van der Waals surface area contributed by atoms with E-state index in [0.717, 1.165) is 43.2 Å². The van der Waals surface area contributed by atoms with Gasteiger partial charge in [0.05, 0.1) is 0 Å². The van der Waals surface area contributed by atoms with Gasteiger partial charge >= 0.3 is 5.97 Å². The molecule has 0 saturated carbocycles. The first-order valence-electron chi connectivity index (χ1n) is 12.3. The van der Waals surface area contributed by atoms with Crippen molar-refractivity contribution in [1.29, 1.82) is 0 Å². The molecule has 8 nitrogen and oxygen atoms in total. The van der Waals surface area contributed by atoms with Crippen molar-refractivity contribution < 1.29 is 39.8 Å². The third-order valence-corrected chi connectivity index (χ3v) is 7.02. The number of rotatable bonds is 9. The minimum Gasteiger partial charge on any atom is -0.507 e. The molecule has 1 aliphatic carbocycles. The molecule has 1 fully saturated rings. The van der Waals surface area contributed by atoms with Crippen molar-refractivity contribution in [2.45, 2.75) is 95.9 Å². The summed E-state index contributed by atoms with van der Waals surface area (Å²) in [6.07, 6.45) is -1.09. The van der Waals surface area contributed by atoms with Gasteiger partial charge in [0.2, 0.25) is 6.29 Å². The molecule has 35 heavy (non-hydrogen) atoms. The molecule has 8 heteroatoms. The summed E-state index contributed by atoms with van der Waals surface area (Å²) in [4.78, 5) is 11.5. The SMILES string of the molecule is C=C(C)C1CCC(C)=CC1c1c(O)cc(CCCCC)cc1OC1OC(C(=O)O)C(O)C(O)C1O. The first-order valence-corrected chi connectivity index (χ1v) is 12.3. The highest BCUT2D eigenvalue weighted by Gasteiger charge is 2.48. The molecule has 1 saturated heterocycles. The van der Waals surface area contributed by atoms with E-state index >= 15 is 0 Å². The molecular formula is C27H38O8. The van der Waals surface area contributed by atoms with Crippen LogP contribution in [0.3, 0.4) is 0 Å². The fourth-order valence-electron chi connectivity index (χ4n) is 5.00. The van der Waals surface area contributed by atoms with Gasteiger partial charge < -0.3 is 35.0 Å². The van der Waals surface area contributed by atoms with Crippen molar-refractivity contribution in [3.8, 4) is 11.5 Å². The number of carboxylic acids is 1. The Labute approximate surface area is 206 Å². The third kappa shape index (κ3) is 6.06. The van der Waals surface area contributed by atoms with Crippen molar-refractivity contribution in [2.75, 3.05) is 0 Å². The average molecular weight is 491 g/mol. The number of aliphatic hydroxyl groups excluding tert-OH is 3. The quantitative estimate of drug-likeness (QED) is 0.262. The van der Waals surface area contributed by atoms with Gasteiger partial charge in [0.25, 0.3) is 0 Å². The summed E-state index contributed by atoms with van der Waals surface area (Å²) in [6.45, 7) is 10.2. The lowest BCUT2D eigenvalue weighted by molar-refractivity contribution is -0.271. The molecule has 194 valence electrons. The zero-order valence-electron chi connectivity index (χ0n) is 20.7. The number of carboxylic acid groups (broad SMARTS) is 1. The molecule has 2 aliphatic rings. The maximum atomic E-state index is 11.5. The molecule has 3 rings (SSSR count). The number of aliphatic carboxylic acids is 1. The number of unbranched alkanes of at least 4 members (excludes halogenated alkanes) is 2. The Morgan fingerprint density at radius 1 is 1.17 bits per heavy atom. The molecule has 0 bridgehead atoms. The summed E-state index contributed by atoms with van der Waals surface area (Å²) in [5, 5.41) is 51.4. The van der Waals surface area contributed by atoms with E-state index in [0.29, 0.717) is 12.0 Å². The summed E-state index contributed by atoms with van der Waals surface area (Å²) in [5.74, 6) is -1.39. The van der Waals surface area contributed by atoms with Crippen LogP contribution in [0.15, 0.2) is 35.9 Å². The summed E-state index contributed by atoms with van der Waals surface area (Å²) in [5.41, 5.74) is 3.47. The summed E-state index contributed by atoms with van der Waals surface area (Å²) < 4.78 is 11.4. The zero-order valence-corrected chi connectivity index (χ0v) is 20.7. The van der Waals surface area contributed by atoms with E-state index in [1.165, 1.54) is 5.57 Å². The van der Waals surface area contributed by atoms with E-state index in [-0.39, 0.29) is 23.3 Å². The zero-order chi connectivity index (χ0) is 25.9. The second-order valence-electron chi connectivity index (χ2n) is 9.87. The number of ether oxygens (including phenoxy) is 2. The molecule has 1 heterocycles. The first kappa shape index (κ1) is 27.2. The van der Waals surface area contributed by atoms with Crippen LogP contribution in [0.5, 0.6) is 11.5 Å². The topological polar surface area (TPSA) is 137 Å². The number of allylic oxidation sites excluding steroid dienone is 3. The number of hydrogen-bond acceptors (Lipinski definition) is 7. The highest BCUT2D eigenvalue weighted by Crippen LogP contribution is 2.47. The number of benzene rings is 1. The summed E-state index contributed by atoms with van der Waals surface area (Å²) in [6, 6.07) is 3.50. The lowest BCUT2D eigenvalue weighted by Gasteiger charge is -2.39. The van der Waals surface area contributed by atoms with Gasteiger partial charge in [-0.1, -0.05) is 43.6 Å². The standard InChI is InChI=1S/C27H38O8/c1-5-6-7-8-16-12-19(28)21(18-11-15(4)9-10-17(18)14(2)3)20(13-16)34-27-24(31)22(29)23(30)25(35-27)26(32)33/h11-13,17-18,22-25,27-31H,2,5-10H2,1,3-4H3,(H,32,33). The number of aromatic hydroxyl groups is 1. The Morgan fingerprint density at radius 3 is 2.51 bits per heavy atom.